The number of nitrogen functional groups attached to an aromatic ring is 1. The summed E-state index contributed by atoms with van der Waals surface area (Å²) in [5.41, 5.74) is 6.64. The van der Waals surface area contributed by atoms with Crippen LogP contribution in [0.1, 0.15) is 0 Å². The quantitative estimate of drug-likeness (QED) is 0.712. The highest BCUT2D eigenvalue weighted by atomic mass is 32.1. The lowest BCUT2D eigenvalue weighted by atomic mass is 10.2. The third-order valence-electron chi connectivity index (χ3n) is 2.50. The van der Waals surface area contributed by atoms with Gasteiger partial charge in [-0.05, 0) is 12.1 Å². The highest BCUT2D eigenvalue weighted by Crippen LogP contribution is 2.30. The molecule has 2 heterocycles. The molecule has 17 heavy (non-hydrogen) atoms. The molecular weight excluding hydrogens is 240 g/mol. The van der Waals surface area contributed by atoms with Crippen LogP contribution in [0.5, 0.6) is 5.75 Å². The van der Waals surface area contributed by atoms with Crippen LogP contribution in [0.3, 0.4) is 0 Å². The molecule has 0 amide bonds. The summed E-state index contributed by atoms with van der Waals surface area (Å²) in [5.74, 6) is 0.178. The number of methoxy groups -OCH3 is 1. The van der Waals surface area contributed by atoms with Gasteiger partial charge in [-0.2, -0.15) is 0 Å². The van der Waals surface area contributed by atoms with Crippen molar-refractivity contribution in [3.05, 3.63) is 28.6 Å². The van der Waals surface area contributed by atoms with E-state index in [0.29, 0.717) is 21.6 Å². The van der Waals surface area contributed by atoms with Gasteiger partial charge in [0, 0.05) is 0 Å². The number of ether oxygens (including phenoxy) is 1. The van der Waals surface area contributed by atoms with Crippen LogP contribution in [0.25, 0.3) is 21.2 Å². The van der Waals surface area contributed by atoms with Crippen LogP contribution >= 0.6 is 11.3 Å². The van der Waals surface area contributed by atoms with Crippen LogP contribution in [0.15, 0.2) is 27.6 Å². The van der Waals surface area contributed by atoms with Gasteiger partial charge in [-0.25, -0.2) is 4.98 Å². The number of anilines is 1. The number of rotatable bonds is 1. The molecule has 5 nitrogen and oxygen atoms in total. The highest BCUT2D eigenvalue weighted by molar-refractivity contribution is 7.22. The first-order chi connectivity index (χ1) is 8.20. The zero-order valence-corrected chi connectivity index (χ0v) is 9.71. The molecule has 0 aliphatic heterocycles. The lowest BCUT2D eigenvalue weighted by Crippen LogP contribution is -2.04. The Hall–Kier alpha value is -2.08. The number of nitrogens with zero attached hydrogens (tertiary/aromatic N) is 1. The monoisotopic (exact) mass is 248 g/mol. The Balaban J connectivity index is 2.58. The number of fused-ring (bicyclic) bond motifs is 3. The van der Waals surface area contributed by atoms with Gasteiger partial charge in [0.05, 0.1) is 22.7 Å². The van der Waals surface area contributed by atoms with Crippen LogP contribution in [0.4, 0.5) is 5.13 Å². The van der Waals surface area contributed by atoms with Gasteiger partial charge in [0.15, 0.2) is 5.13 Å². The summed E-state index contributed by atoms with van der Waals surface area (Å²) < 4.78 is 11.0. The molecule has 0 spiro atoms. The molecule has 2 aromatic heterocycles. The van der Waals surface area contributed by atoms with E-state index >= 15 is 0 Å². The molecule has 0 aliphatic carbocycles. The molecule has 1 aromatic carbocycles. The number of benzene rings is 1. The van der Waals surface area contributed by atoms with Crippen LogP contribution in [0.2, 0.25) is 0 Å². The summed E-state index contributed by atoms with van der Waals surface area (Å²) in [6.45, 7) is 0. The van der Waals surface area contributed by atoms with Crippen LogP contribution in [-0.4, -0.2) is 12.1 Å². The Morgan fingerprint density at radius 2 is 2.29 bits per heavy atom. The molecule has 86 valence electrons. The van der Waals surface area contributed by atoms with E-state index in [1.54, 1.807) is 12.1 Å². The molecule has 0 aliphatic rings. The topological polar surface area (TPSA) is 78.3 Å². The van der Waals surface area contributed by atoms with Gasteiger partial charge in [0.1, 0.15) is 11.8 Å². The van der Waals surface area contributed by atoms with Crippen LogP contribution < -0.4 is 15.9 Å². The SMILES string of the molecule is COc1coc2ccc3nc(N)sc3c2c1=O. The van der Waals surface area contributed by atoms with E-state index in [9.17, 15) is 4.79 Å². The van der Waals surface area contributed by atoms with Gasteiger partial charge in [0.2, 0.25) is 11.2 Å². The highest BCUT2D eigenvalue weighted by Gasteiger charge is 2.13. The fourth-order valence-corrected chi connectivity index (χ4v) is 2.61. The van der Waals surface area contributed by atoms with E-state index in [1.165, 1.54) is 24.7 Å². The van der Waals surface area contributed by atoms with Crippen molar-refractivity contribution in [1.82, 2.24) is 4.98 Å². The van der Waals surface area contributed by atoms with E-state index in [-0.39, 0.29) is 11.2 Å². The standard InChI is InChI=1S/C11H8N2O3S/c1-15-7-4-16-6-3-2-5-10(8(6)9(7)14)17-11(12)13-5/h2-4H,1H3,(H2,12,13). The van der Waals surface area contributed by atoms with Gasteiger partial charge < -0.3 is 14.9 Å². The summed E-state index contributed by atoms with van der Waals surface area (Å²) in [4.78, 5) is 16.3. The predicted molar refractivity (Wildman–Crippen MR) is 66.6 cm³/mol. The average molecular weight is 248 g/mol. The number of hydrogen-bond acceptors (Lipinski definition) is 6. The largest absolute Gasteiger partial charge is 0.490 e. The molecule has 3 aromatic rings. The lowest BCUT2D eigenvalue weighted by Gasteiger charge is -2.00. The van der Waals surface area contributed by atoms with Crippen molar-refractivity contribution >= 4 is 37.7 Å². The first kappa shape index (κ1) is 10.1. The third kappa shape index (κ3) is 1.38. The molecule has 6 heteroatoms. The van der Waals surface area contributed by atoms with Crippen molar-refractivity contribution in [1.29, 1.82) is 0 Å². The Morgan fingerprint density at radius 3 is 3.06 bits per heavy atom. The molecule has 0 unspecified atom stereocenters. The minimum Gasteiger partial charge on any atom is -0.490 e. The fraction of sp³-hybridized carbons (Fsp3) is 0.0909. The fourth-order valence-electron chi connectivity index (χ4n) is 1.74. The lowest BCUT2D eigenvalue weighted by molar-refractivity contribution is 0.394. The molecular formula is C11H8N2O3S. The maximum absolute atomic E-state index is 12.1. The van der Waals surface area contributed by atoms with E-state index in [0.717, 1.165) is 4.70 Å². The zero-order valence-electron chi connectivity index (χ0n) is 8.89. The first-order valence-electron chi connectivity index (χ1n) is 4.85. The number of hydrogen-bond donors (Lipinski definition) is 1. The van der Waals surface area contributed by atoms with Crippen molar-refractivity contribution in [2.75, 3.05) is 12.8 Å². The summed E-state index contributed by atoms with van der Waals surface area (Å²) in [7, 11) is 1.43. The average Bonchev–Trinajstić information content (AvgIpc) is 2.69. The molecule has 0 atom stereocenters. The summed E-state index contributed by atoms with van der Waals surface area (Å²) >= 11 is 1.27. The predicted octanol–water partition coefficient (Wildman–Crippen LogP) is 1.99. The van der Waals surface area contributed by atoms with Gasteiger partial charge in [-0.15, -0.1) is 0 Å². The second-order valence-electron chi connectivity index (χ2n) is 3.47. The molecule has 0 fully saturated rings. The maximum atomic E-state index is 12.1. The molecule has 2 N–H and O–H groups in total. The summed E-state index contributed by atoms with van der Waals surface area (Å²) in [5, 5.41) is 0.894. The first-order valence-corrected chi connectivity index (χ1v) is 5.67. The van der Waals surface area contributed by atoms with Crippen LogP contribution in [0, 0.1) is 0 Å². The second-order valence-corrected chi connectivity index (χ2v) is 4.50. The van der Waals surface area contributed by atoms with Crippen molar-refractivity contribution in [2.24, 2.45) is 0 Å². The molecule has 0 saturated heterocycles. The second kappa shape index (κ2) is 3.46. The van der Waals surface area contributed by atoms with Crippen molar-refractivity contribution in [2.45, 2.75) is 0 Å². The van der Waals surface area contributed by atoms with E-state index < -0.39 is 0 Å². The number of aromatic nitrogens is 1. The number of nitrogens with two attached hydrogens (primary N) is 1. The Bertz CT molecular complexity index is 775. The molecule has 0 bridgehead atoms. The van der Waals surface area contributed by atoms with E-state index in [4.69, 9.17) is 14.9 Å². The Kier molecular flexibility index (Phi) is 2.05. The summed E-state index contributed by atoms with van der Waals surface area (Å²) in [6.07, 6.45) is 1.31. The van der Waals surface area contributed by atoms with Crippen molar-refractivity contribution in [3.63, 3.8) is 0 Å². The minimum atomic E-state index is -0.206. The van der Waals surface area contributed by atoms with Crippen molar-refractivity contribution < 1.29 is 9.15 Å². The maximum Gasteiger partial charge on any atom is 0.236 e. The molecule has 0 radical (unpaired) electrons. The minimum absolute atomic E-state index is 0.178. The van der Waals surface area contributed by atoms with E-state index in [2.05, 4.69) is 4.98 Å². The van der Waals surface area contributed by atoms with Gasteiger partial charge >= 0.3 is 0 Å². The van der Waals surface area contributed by atoms with Crippen LogP contribution in [-0.2, 0) is 0 Å². The smallest absolute Gasteiger partial charge is 0.236 e. The van der Waals surface area contributed by atoms with Crippen molar-refractivity contribution in [3.8, 4) is 5.75 Å². The zero-order chi connectivity index (χ0) is 12.0. The Labute approximate surface area is 99.4 Å². The molecule has 3 rings (SSSR count). The number of thiazole rings is 1. The summed E-state index contributed by atoms with van der Waals surface area (Å²) in [6, 6.07) is 3.48. The van der Waals surface area contributed by atoms with Gasteiger partial charge in [0.25, 0.3) is 0 Å². The van der Waals surface area contributed by atoms with Gasteiger partial charge in [-0.1, -0.05) is 11.3 Å². The van der Waals surface area contributed by atoms with Gasteiger partial charge in [-0.3, -0.25) is 4.79 Å². The Morgan fingerprint density at radius 1 is 1.47 bits per heavy atom. The third-order valence-corrected chi connectivity index (χ3v) is 3.42. The van der Waals surface area contributed by atoms with E-state index in [1.807, 2.05) is 0 Å². The normalized spacial score (nSPS) is 11.1. The molecule has 0 saturated carbocycles.